The predicted molar refractivity (Wildman–Crippen MR) is 65.0 cm³/mol. The van der Waals surface area contributed by atoms with Crippen molar-refractivity contribution in [3.63, 3.8) is 0 Å². The van der Waals surface area contributed by atoms with Crippen molar-refractivity contribution in [1.29, 1.82) is 0 Å². The Balaban J connectivity index is 2.38. The normalized spacial score (nSPS) is 31.2. The van der Waals surface area contributed by atoms with E-state index >= 15 is 0 Å². The number of aliphatic hydroxyl groups is 1. The van der Waals surface area contributed by atoms with Gasteiger partial charge in [-0.2, -0.15) is 0 Å². The molecule has 2 N–H and O–H groups in total. The van der Waals surface area contributed by atoms with Gasteiger partial charge in [0.05, 0.1) is 6.61 Å². The molecule has 2 heteroatoms. The van der Waals surface area contributed by atoms with Gasteiger partial charge in [0, 0.05) is 11.6 Å². The summed E-state index contributed by atoms with van der Waals surface area (Å²) in [4.78, 5) is 0. The molecule has 1 aliphatic carbocycles. The van der Waals surface area contributed by atoms with E-state index in [9.17, 15) is 5.11 Å². The molecular weight excluding hydrogens is 186 g/mol. The van der Waals surface area contributed by atoms with Crippen LogP contribution in [0.15, 0.2) is 0 Å². The molecule has 0 bridgehead atoms. The Bertz CT molecular complexity index is 175. The van der Waals surface area contributed by atoms with E-state index in [2.05, 4.69) is 26.1 Å². The lowest BCUT2D eigenvalue weighted by atomic mass is 9.85. The predicted octanol–water partition coefficient (Wildman–Crippen LogP) is 2.71. The molecule has 1 aliphatic rings. The van der Waals surface area contributed by atoms with E-state index in [-0.39, 0.29) is 12.1 Å². The maximum atomic E-state index is 9.44. The van der Waals surface area contributed by atoms with Crippen molar-refractivity contribution in [2.24, 2.45) is 5.92 Å². The molecule has 90 valence electrons. The quantitative estimate of drug-likeness (QED) is 0.736. The van der Waals surface area contributed by atoms with Crippen molar-refractivity contribution >= 4 is 0 Å². The summed E-state index contributed by atoms with van der Waals surface area (Å²) in [5.41, 5.74) is -0.0556. The first-order chi connectivity index (χ1) is 7.09. The molecule has 1 atom stereocenters. The zero-order chi connectivity index (χ0) is 11.3. The molecule has 1 unspecified atom stereocenters. The molecule has 0 aromatic heterocycles. The van der Waals surface area contributed by atoms with Gasteiger partial charge in [-0.15, -0.1) is 0 Å². The summed E-state index contributed by atoms with van der Waals surface area (Å²) in [6, 6.07) is 0.630. The van der Waals surface area contributed by atoms with Crippen LogP contribution < -0.4 is 5.32 Å². The van der Waals surface area contributed by atoms with Crippen LogP contribution in [0.4, 0.5) is 0 Å². The molecule has 0 aromatic rings. The van der Waals surface area contributed by atoms with Gasteiger partial charge in [0.2, 0.25) is 0 Å². The van der Waals surface area contributed by atoms with E-state index in [4.69, 9.17) is 0 Å². The third-order valence-corrected chi connectivity index (χ3v) is 3.72. The summed E-state index contributed by atoms with van der Waals surface area (Å²) < 4.78 is 0. The average Bonchev–Trinajstić information content (AvgIpc) is 2.22. The zero-order valence-corrected chi connectivity index (χ0v) is 10.6. The second-order valence-electron chi connectivity index (χ2n) is 5.57. The lowest BCUT2D eigenvalue weighted by molar-refractivity contribution is 0.137. The van der Waals surface area contributed by atoms with Crippen LogP contribution in [0, 0.1) is 5.92 Å². The molecule has 0 heterocycles. The van der Waals surface area contributed by atoms with Gasteiger partial charge >= 0.3 is 0 Å². The largest absolute Gasteiger partial charge is 0.394 e. The van der Waals surface area contributed by atoms with Gasteiger partial charge in [0.25, 0.3) is 0 Å². The fraction of sp³-hybridized carbons (Fsp3) is 1.00. The summed E-state index contributed by atoms with van der Waals surface area (Å²) in [7, 11) is 0. The number of rotatable bonds is 5. The summed E-state index contributed by atoms with van der Waals surface area (Å²) in [6.07, 6.45) is 7.43. The van der Waals surface area contributed by atoms with Gasteiger partial charge in [-0.25, -0.2) is 0 Å². The first-order valence-electron chi connectivity index (χ1n) is 6.48. The Hall–Kier alpha value is -0.0800. The molecule has 0 aromatic carbocycles. The van der Waals surface area contributed by atoms with Crippen LogP contribution in [0.5, 0.6) is 0 Å². The Morgan fingerprint density at radius 1 is 1.27 bits per heavy atom. The maximum Gasteiger partial charge on any atom is 0.0610 e. The van der Waals surface area contributed by atoms with E-state index in [0.29, 0.717) is 6.04 Å². The van der Waals surface area contributed by atoms with Crippen LogP contribution >= 0.6 is 0 Å². The topological polar surface area (TPSA) is 32.3 Å². The van der Waals surface area contributed by atoms with Crippen molar-refractivity contribution in [1.82, 2.24) is 5.32 Å². The summed E-state index contributed by atoms with van der Waals surface area (Å²) in [5.74, 6) is 0.898. The van der Waals surface area contributed by atoms with Gasteiger partial charge in [-0.05, 0) is 44.9 Å². The molecule has 15 heavy (non-hydrogen) atoms. The fourth-order valence-electron chi connectivity index (χ4n) is 2.65. The molecule has 1 fully saturated rings. The van der Waals surface area contributed by atoms with Crippen LogP contribution in [0.2, 0.25) is 0 Å². The highest BCUT2D eigenvalue weighted by Crippen LogP contribution is 2.25. The van der Waals surface area contributed by atoms with Gasteiger partial charge < -0.3 is 10.4 Å². The van der Waals surface area contributed by atoms with Gasteiger partial charge in [0.1, 0.15) is 0 Å². The number of nitrogens with one attached hydrogen (secondary N) is 1. The van der Waals surface area contributed by atoms with Gasteiger partial charge in [-0.3, -0.25) is 0 Å². The summed E-state index contributed by atoms with van der Waals surface area (Å²) >= 11 is 0. The Morgan fingerprint density at radius 2 is 1.87 bits per heavy atom. The van der Waals surface area contributed by atoms with E-state index in [1.165, 1.54) is 25.7 Å². The summed E-state index contributed by atoms with van der Waals surface area (Å²) in [5, 5.41) is 13.1. The van der Waals surface area contributed by atoms with Crippen molar-refractivity contribution in [3.8, 4) is 0 Å². The Morgan fingerprint density at radius 3 is 2.33 bits per heavy atom. The highest BCUT2D eigenvalue weighted by Gasteiger charge is 2.27. The first-order valence-corrected chi connectivity index (χ1v) is 6.48. The zero-order valence-electron chi connectivity index (χ0n) is 10.6. The molecular formula is C13H27NO. The van der Waals surface area contributed by atoms with Crippen molar-refractivity contribution in [2.75, 3.05) is 6.61 Å². The number of hydrogen-bond acceptors (Lipinski definition) is 2. The lowest BCUT2D eigenvalue weighted by Gasteiger charge is -2.36. The molecule has 1 rings (SSSR count). The summed E-state index contributed by atoms with van der Waals surface area (Å²) in [6.45, 7) is 6.92. The lowest BCUT2D eigenvalue weighted by Crippen LogP contribution is -2.51. The van der Waals surface area contributed by atoms with E-state index in [1.54, 1.807) is 0 Å². The van der Waals surface area contributed by atoms with E-state index < -0.39 is 0 Å². The highest BCUT2D eigenvalue weighted by atomic mass is 16.3. The van der Waals surface area contributed by atoms with Crippen LogP contribution in [0.25, 0.3) is 0 Å². The second-order valence-corrected chi connectivity index (χ2v) is 5.57. The van der Waals surface area contributed by atoms with Crippen LogP contribution in [0.1, 0.15) is 59.3 Å². The van der Waals surface area contributed by atoms with Crippen molar-refractivity contribution < 1.29 is 5.11 Å². The third-order valence-electron chi connectivity index (χ3n) is 3.72. The molecule has 0 saturated heterocycles. The Kier molecular flexibility index (Phi) is 5.07. The maximum absolute atomic E-state index is 9.44. The van der Waals surface area contributed by atoms with Crippen LogP contribution in [-0.2, 0) is 0 Å². The van der Waals surface area contributed by atoms with Crippen LogP contribution in [0.3, 0.4) is 0 Å². The molecule has 0 aliphatic heterocycles. The fourth-order valence-corrected chi connectivity index (χ4v) is 2.65. The minimum atomic E-state index is -0.0556. The third kappa shape index (κ3) is 4.12. The Labute approximate surface area is 94.5 Å². The average molecular weight is 213 g/mol. The van der Waals surface area contributed by atoms with E-state index in [1.807, 2.05) is 0 Å². The van der Waals surface area contributed by atoms with Crippen molar-refractivity contribution in [3.05, 3.63) is 0 Å². The number of aliphatic hydroxyl groups excluding tert-OH is 1. The monoisotopic (exact) mass is 213 g/mol. The molecule has 0 radical (unpaired) electrons. The molecule has 0 spiro atoms. The standard InChI is InChI=1S/C13H27NO/c1-4-9-13(3,10-15)14-12-7-5-11(2)6-8-12/h11-12,14-15H,4-10H2,1-3H3. The second kappa shape index (κ2) is 5.86. The van der Waals surface area contributed by atoms with Crippen molar-refractivity contribution in [2.45, 2.75) is 70.9 Å². The first kappa shape index (κ1) is 13.0. The van der Waals surface area contributed by atoms with Gasteiger partial charge in [-0.1, -0.05) is 20.3 Å². The smallest absolute Gasteiger partial charge is 0.0610 e. The van der Waals surface area contributed by atoms with Gasteiger partial charge in [0.15, 0.2) is 0 Å². The van der Waals surface area contributed by atoms with Crippen LogP contribution in [-0.4, -0.2) is 23.3 Å². The molecule has 1 saturated carbocycles. The number of hydrogen-bond donors (Lipinski definition) is 2. The minimum Gasteiger partial charge on any atom is -0.394 e. The SMILES string of the molecule is CCCC(C)(CO)NC1CCC(C)CC1. The molecule has 0 amide bonds. The highest BCUT2D eigenvalue weighted by molar-refractivity contribution is 4.87. The minimum absolute atomic E-state index is 0.0556. The molecule has 2 nitrogen and oxygen atoms in total. The van der Waals surface area contributed by atoms with E-state index in [0.717, 1.165) is 18.8 Å².